The quantitative estimate of drug-likeness (QED) is 0.796. The highest BCUT2D eigenvalue weighted by Gasteiger charge is 2.52. The minimum absolute atomic E-state index is 0.347. The Labute approximate surface area is 123 Å². The Morgan fingerprint density at radius 2 is 1.85 bits per heavy atom. The molecule has 3 rings (SSSR count). The van der Waals surface area contributed by atoms with Crippen molar-refractivity contribution in [1.29, 1.82) is 0 Å². The molecular formula is C14H17BN2O2S. The van der Waals surface area contributed by atoms with Crippen molar-refractivity contribution in [3.63, 3.8) is 0 Å². The molecular weight excluding hydrogens is 271 g/mol. The van der Waals surface area contributed by atoms with Gasteiger partial charge in [0.1, 0.15) is 0 Å². The van der Waals surface area contributed by atoms with Gasteiger partial charge in [0.2, 0.25) is 0 Å². The van der Waals surface area contributed by atoms with Gasteiger partial charge in [0.25, 0.3) is 0 Å². The van der Waals surface area contributed by atoms with E-state index in [2.05, 4.69) is 9.97 Å². The average molecular weight is 288 g/mol. The lowest BCUT2D eigenvalue weighted by molar-refractivity contribution is 0.00578. The van der Waals surface area contributed by atoms with Crippen LogP contribution in [-0.4, -0.2) is 28.3 Å². The minimum atomic E-state index is -0.423. The van der Waals surface area contributed by atoms with Gasteiger partial charge in [-0.2, -0.15) is 0 Å². The maximum atomic E-state index is 6.03. The van der Waals surface area contributed by atoms with Crippen LogP contribution in [0.15, 0.2) is 30.0 Å². The maximum absolute atomic E-state index is 6.03. The van der Waals surface area contributed by atoms with Gasteiger partial charge in [-0.1, -0.05) is 0 Å². The number of nitrogens with zero attached hydrogens (tertiary/aromatic N) is 2. The average Bonchev–Trinajstić information content (AvgIpc) is 2.97. The van der Waals surface area contributed by atoms with Crippen LogP contribution in [0.3, 0.4) is 0 Å². The Morgan fingerprint density at radius 3 is 2.45 bits per heavy atom. The molecule has 0 aromatic carbocycles. The fourth-order valence-corrected chi connectivity index (χ4v) is 2.67. The van der Waals surface area contributed by atoms with Crippen molar-refractivity contribution < 1.29 is 9.31 Å². The van der Waals surface area contributed by atoms with Crippen LogP contribution in [0.2, 0.25) is 0 Å². The minimum Gasteiger partial charge on any atom is -0.398 e. The molecule has 1 saturated heterocycles. The zero-order chi connectivity index (χ0) is 14.4. The molecule has 0 spiro atoms. The maximum Gasteiger partial charge on any atom is 0.514 e. The first-order chi connectivity index (χ1) is 9.39. The highest BCUT2D eigenvalue weighted by molar-refractivity contribution is 7.13. The molecule has 1 aliphatic heterocycles. The van der Waals surface area contributed by atoms with Crippen LogP contribution in [-0.2, 0) is 9.31 Å². The van der Waals surface area contributed by atoms with Crippen molar-refractivity contribution in [3.05, 3.63) is 30.0 Å². The first-order valence-electron chi connectivity index (χ1n) is 6.59. The molecule has 3 heterocycles. The topological polar surface area (TPSA) is 44.2 Å². The molecule has 1 aliphatic rings. The summed E-state index contributed by atoms with van der Waals surface area (Å²) < 4.78 is 12.1. The highest BCUT2D eigenvalue weighted by atomic mass is 32.1. The van der Waals surface area contributed by atoms with Crippen LogP contribution in [0.25, 0.3) is 10.4 Å². The molecule has 2 aromatic rings. The predicted octanol–water partition coefficient (Wildman–Crippen LogP) is 2.50. The van der Waals surface area contributed by atoms with Gasteiger partial charge in [0.05, 0.1) is 27.2 Å². The largest absolute Gasteiger partial charge is 0.514 e. The lowest BCUT2D eigenvalue weighted by Gasteiger charge is -2.32. The Bertz CT molecular complexity index is 597. The van der Waals surface area contributed by atoms with E-state index in [9.17, 15) is 0 Å². The standard InChI is InChI=1S/C14H17BN2O2S/c1-13(2)14(3,4)19-15(18-13)12-7-10(5-6-17-12)11-8-16-9-20-11/h5-9H,1-4H3. The number of thiazole rings is 1. The number of pyridine rings is 1. The van der Waals surface area contributed by atoms with Crippen molar-refractivity contribution in [2.24, 2.45) is 0 Å². The van der Waals surface area contributed by atoms with Gasteiger partial charge in [0.15, 0.2) is 0 Å². The van der Waals surface area contributed by atoms with Gasteiger partial charge >= 0.3 is 7.12 Å². The fourth-order valence-electron chi connectivity index (χ4n) is 2.05. The van der Waals surface area contributed by atoms with Crippen molar-refractivity contribution in [3.8, 4) is 10.4 Å². The summed E-state index contributed by atoms with van der Waals surface area (Å²) in [7, 11) is -0.423. The second-order valence-electron chi connectivity index (χ2n) is 5.92. The van der Waals surface area contributed by atoms with E-state index in [1.807, 2.05) is 51.5 Å². The summed E-state index contributed by atoms with van der Waals surface area (Å²) in [6, 6.07) is 3.98. The van der Waals surface area contributed by atoms with Crippen molar-refractivity contribution in [2.45, 2.75) is 38.9 Å². The lowest BCUT2D eigenvalue weighted by Crippen LogP contribution is -2.41. The van der Waals surface area contributed by atoms with E-state index < -0.39 is 7.12 Å². The lowest BCUT2D eigenvalue weighted by atomic mass is 9.83. The summed E-state index contributed by atoms with van der Waals surface area (Å²) in [5.41, 5.74) is 3.02. The van der Waals surface area contributed by atoms with Crippen molar-refractivity contribution in [2.75, 3.05) is 0 Å². The summed E-state index contributed by atoms with van der Waals surface area (Å²) in [5.74, 6) is 0. The van der Waals surface area contributed by atoms with E-state index in [4.69, 9.17) is 9.31 Å². The summed E-state index contributed by atoms with van der Waals surface area (Å²) in [6.07, 6.45) is 3.64. The summed E-state index contributed by atoms with van der Waals surface area (Å²) in [5, 5.41) is 0. The number of hydrogen-bond acceptors (Lipinski definition) is 5. The molecule has 0 bridgehead atoms. The molecule has 20 heavy (non-hydrogen) atoms. The Morgan fingerprint density at radius 1 is 1.15 bits per heavy atom. The smallest absolute Gasteiger partial charge is 0.398 e. The molecule has 1 fully saturated rings. The van der Waals surface area contributed by atoms with E-state index in [-0.39, 0.29) is 11.2 Å². The van der Waals surface area contributed by atoms with Gasteiger partial charge in [-0.3, -0.25) is 9.97 Å². The molecule has 0 amide bonds. The molecule has 0 saturated carbocycles. The second-order valence-corrected chi connectivity index (χ2v) is 6.81. The van der Waals surface area contributed by atoms with E-state index in [1.54, 1.807) is 17.5 Å². The van der Waals surface area contributed by atoms with Crippen molar-refractivity contribution >= 4 is 24.0 Å². The van der Waals surface area contributed by atoms with Crippen molar-refractivity contribution in [1.82, 2.24) is 9.97 Å². The third-order valence-electron chi connectivity index (χ3n) is 3.99. The van der Waals surface area contributed by atoms with E-state index in [1.165, 1.54) is 0 Å². The first kappa shape index (κ1) is 13.7. The zero-order valence-corrected chi connectivity index (χ0v) is 12.9. The van der Waals surface area contributed by atoms with E-state index >= 15 is 0 Å². The van der Waals surface area contributed by atoms with Crippen LogP contribution in [0, 0.1) is 0 Å². The third-order valence-corrected chi connectivity index (χ3v) is 4.81. The second kappa shape index (κ2) is 4.65. The number of rotatable bonds is 2. The molecule has 0 radical (unpaired) electrons. The summed E-state index contributed by atoms with van der Waals surface area (Å²) in [4.78, 5) is 9.62. The first-order valence-corrected chi connectivity index (χ1v) is 7.47. The molecule has 2 aromatic heterocycles. The van der Waals surface area contributed by atoms with Gasteiger partial charge in [-0.25, -0.2) is 0 Å². The predicted molar refractivity (Wildman–Crippen MR) is 81.1 cm³/mol. The summed E-state index contributed by atoms with van der Waals surface area (Å²) >= 11 is 1.61. The van der Waals surface area contributed by atoms with E-state index in [0.717, 1.165) is 16.0 Å². The Kier molecular flexibility index (Phi) is 3.19. The van der Waals surface area contributed by atoms with Gasteiger partial charge in [-0.05, 0) is 45.4 Å². The molecule has 0 N–H and O–H groups in total. The van der Waals surface area contributed by atoms with Crippen LogP contribution in [0.5, 0.6) is 0 Å². The van der Waals surface area contributed by atoms with Gasteiger partial charge in [-0.15, -0.1) is 11.3 Å². The van der Waals surface area contributed by atoms with Gasteiger partial charge < -0.3 is 9.31 Å². The van der Waals surface area contributed by atoms with Crippen LogP contribution >= 0.6 is 11.3 Å². The third kappa shape index (κ3) is 2.28. The Hall–Kier alpha value is -1.24. The molecule has 6 heteroatoms. The van der Waals surface area contributed by atoms with Crippen LogP contribution in [0.1, 0.15) is 27.7 Å². The summed E-state index contributed by atoms with van der Waals surface area (Å²) in [6.45, 7) is 8.17. The van der Waals surface area contributed by atoms with E-state index in [0.29, 0.717) is 0 Å². The van der Waals surface area contributed by atoms with Gasteiger partial charge in [0, 0.05) is 12.4 Å². The van der Waals surface area contributed by atoms with Crippen LogP contribution < -0.4 is 5.59 Å². The fraction of sp³-hybridized carbons (Fsp3) is 0.429. The monoisotopic (exact) mass is 288 g/mol. The highest BCUT2D eigenvalue weighted by Crippen LogP contribution is 2.36. The number of aromatic nitrogens is 2. The molecule has 0 unspecified atom stereocenters. The Balaban J connectivity index is 1.91. The molecule has 0 aliphatic carbocycles. The zero-order valence-electron chi connectivity index (χ0n) is 12.1. The number of hydrogen-bond donors (Lipinski definition) is 0. The molecule has 4 nitrogen and oxygen atoms in total. The molecule has 0 atom stereocenters. The normalized spacial score (nSPS) is 20.3. The SMILES string of the molecule is CC1(C)OB(c2cc(-c3cncs3)ccn2)OC1(C)C. The molecule has 104 valence electrons. The van der Waals surface area contributed by atoms with Crippen LogP contribution in [0.4, 0.5) is 0 Å².